The molecule has 3 N–H and O–H groups in total. The smallest absolute Gasteiger partial charge is 0.0542 e. The molecule has 0 atom stereocenters. The lowest BCUT2D eigenvalue weighted by Gasteiger charge is -2.23. The highest BCUT2D eigenvalue weighted by Gasteiger charge is 2.07. The number of benzene rings is 1. The minimum atomic E-state index is 0.764. The molecule has 0 aliphatic heterocycles. The summed E-state index contributed by atoms with van der Waals surface area (Å²) in [5, 5.41) is 10.7. The molecule has 1 aromatic carbocycles. The molecule has 190 valence electrons. The molecule has 36 heavy (non-hydrogen) atoms. The van der Waals surface area contributed by atoms with Crippen LogP contribution in [0.15, 0.2) is 84.7 Å². The van der Waals surface area contributed by atoms with Crippen LogP contribution in [0.3, 0.4) is 0 Å². The van der Waals surface area contributed by atoms with Gasteiger partial charge in [0.05, 0.1) is 11.4 Å². The van der Waals surface area contributed by atoms with Gasteiger partial charge in [-0.05, 0) is 61.1 Å². The van der Waals surface area contributed by atoms with E-state index < -0.39 is 0 Å². The highest BCUT2D eigenvalue weighted by molar-refractivity contribution is 5.22. The molecule has 0 amide bonds. The number of hydrogen-bond donors (Lipinski definition) is 3. The molecule has 6 nitrogen and oxygen atoms in total. The summed E-state index contributed by atoms with van der Waals surface area (Å²) in [5.74, 6) is 0. The molecule has 0 unspecified atom stereocenters. The normalized spacial score (nSPS) is 13.6. The average Bonchev–Trinajstić information content (AvgIpc) is 2.94. The number of allylic oxidation sites excluding steroid dienone is 1. The van der Waals surface area contributed by atoms with Crippen LogP contribution >= 0.6 is 0 Å². The Hall–Kier alpha value is -2.90. The van der Waals surface area contributed by atoms with Crippen molar-refractivity contribution in [3.8, 4) is 0 Å². The first-order chi connectivity index (χ1) is 17.8. The third-order valence-corrected chi connectivity index (χ3v) is 6.50. The lowest BCUT2D eigenvalue weighted by Crippen LogP contribution is -2.38. The van der Waals surface area contributed by atoms with Crippen LogP contribution in [0.5, 0.6) is 0 Å². The third-order valence-electron chi connectivity index (χ3n) is 6.50. The van der Waals surface area contributed by atoms with Crippen molar-refractivity contribution in [3.63, 3.8) is 0 Å². The molecule has 0 saturated carbocycles. The number of rotatable bonds is 15. The Morgan fingerprint density at radius 2 is 1.42 bits per heavy atom. The first-order valence-corrected chi connectivity index (χ1v) is 13.3. The lowest BCUT2D eigenvalue weighted by molar-refractivity contribution is 0.242. The molecular formula is C30H40N6. The predicted molar refractivity (Wildman–Crippen MR) is 147 cm³/mol. The Bertz CT molecular complexity index is 1020. The van der Waals surface area contributed by atoms with E-state index in [9.17, 15) is 0 Å². The Balaban J connectivity index is 1.24. The van der Waals surface area contributed by atoms with Crippen molar-refractivity contribution >= 4 is 0 Å². The second-order valence-corrected chi connectivity index (χ2v) is 9.48. The van der Waals surface area contributed by atoms with Gasteiger partial charge in [-0.2, -0.15) is 0 Å². The van der Waals surface area contributed by atoms with Gasteiger partial charge in [0, 0.05) is 64.9 Å². The topological polar surface area (TPSA) is 65.1 Å². The Kier molecular flexibility index (Phi) is 11.1. The van der Waals surface area contributed by atoms with Gasteiger partial charge in [0.2, 0.25) is 0 Å². The maximum absolute atomic E-state index is 4.42. The van der Waals surface area contributed by atoms with E-state index >= 15 is 0 Å². The van der Waals surface area contributed by atoms with Crippen molar-refractivity contribution in [2.45, 2.75) is 51.9 Å². The summed E-state index contributed by atoms with van der Waals surface area (Å²) in [6.07, 6.45) is 11.3. The van der Waals surface area contributed by atoms with Crippen molar-refractivity contribution in [2.24, 2.45) is 0 Å². The average molecular weight is 485 g/mol. The molecule has 0 saturated heterocycles. The lowest BCUT2D eigenvalue weighted by atomic mass is 10.00. The number of hydrogen-bond acceptors (Lipinski definition) is 6. The standard InChI is InChI=1S/C30H40N6/c1-2-8-26(9-3-1)20-32-21-27-12-14-28(15-13-27)24-36(25-33-23-30-11-5-7-17-35-30)19-18-31-22-29-10-4-6-16-34-29/h4-8,10-17,31-33H,1-3,9,18-25H2. The van der Waals surface area contributed by atoms with Gasteiger partial charge in [-0.3, -0.25) is 20.2 Å². The molecule has 1 aliphatic rings. The molecule has 0 bridgehead atoms. The van der Waals surface area contributed by atoms with Crippen molar-refractivity contribution in [2.75, 3.05) is 26.3 Å². The van der Waals surface area contributed by atoms with Crippen LogP contribution in [0.2, 0.25) is 0 Å². The van der Waals surface area contributed by atoms with Crippen LogP contribution in [0.1, 0.15) is 48.2 Å². The van der Waals surface area contributed by atoms with E-state index in [1.54, 1.807) is 5.57 Å². The largest absolute Gasteiger partial charge is 0.310 e. The second kappa shape index (κ2) is 15.3. The van der Waals surface area contributed by atoms with Crippen LogP contribution in [0.4, 0.5) is 0 Å². The highest BCUT2D eigenvalue weighted by atomic mass is 15.2. The summed E-state index contributed by atoms with van der Waals surface area (Å²) < 4.78 is 0. The van der Waals surface area contributed by atoms with Crippen molar-refractivity contribution < 1.29 is 0 Å². The Labute approximate surface area is 216 Å². The van der Waals surface area contributed by atoms with Crippen LogP contribution in [-0.2, 0) is 26.2 Å². The number of nitrogens with zero attached hydrogens (tertiary/aromatic N) is 3. The zero-order chi connectivity index (χ0) is 24.7. The maximum atomic E-state index is 4.42. The number of nitrogens with one attached hydrogen (secondary N) is 3. The van der Waals surface area contributed by atoms with Crippen LogP contribution in [-0.4, -0.2) is 41.2 Å². The van der Waals surface area contributed by atoms with Crippen molar-refractivity contribution in [1.29, 1.82) is 0 Å². The summed E-state index contributed by atoms with van der Waals surface area (Å²) in [4.78, 5) is 11.3. The van der Waals surface area contributed by atoms with Gasteiger partial charge < -0.3 is 10.6 Å². The van der Waals surface area contributed by atoms with Crippen LogP contribution in [0, 0.1) is 0 Å². The van der Waals surface area contributed by atoms with Gasteiger partial charge in [0.1, 0.15) is 0 Å². The predicted octanol–water partition coefficient (Wildman–Crippen LogP) is 4.41. The van der Waals surface area contributed by atoms with Gasteiger partial charge in [0.25, 0.3) is 0 Å². The highest BCUT2D eigenvalue weighted by Crippen LogP contribution is 2.16. The van der Waals surface area contributed by atoms with Crippen LogP contribution < -0.4 is 16.0 Å². The van der Waals surface area contributed by atoms with E-state index in [0.29, 0.717) is 0 Å². The summed E-state index contributed by atoms with van der Waals surface area (Å²) in [7, 11) is 0. The monoisotopic (exact) mass is 484 g/mol. The van der Waals surface area contributed by atoms with Gasteiger partial charge >= 0.3 is 0 Å². The summed E-state index contributed by atoms with van der Waals surface area (Å²) in [5.41, 5.74) is 6.38. The Morgan fingerprint density at radius 3 is 2.08 bits per heavy atom. The van der Waals surface area contributed by atoms with Gasteiger partial charge in [0.15, 0.2) is 0 Å². The van der Waals surface area contributed by atoms with E-state index in [4.69, 9.17) is 0 Å². The fourth-order valence-corrected chi connectivity index (χ4v) is 4.47. The van der Waals surface area contributed by atoms with Gasteiger partial charge in [-0.25, -0.2) is 0 Å². The molecule has 6 heteroatoms. The second-order valence-electron chi connectivity index (χ2n) is 9.48. The fraction of sp³-hybridized carbons (Fsp3) is 0.400. The Morgan fingerprint density at radius 1 is 0.694 bits per heavy atom. The first kappa shape index (κ1) is 26.2. The summed E-state index contributed by atoms with van der Waals surface area (Å²) in [6.45, 7) is 7.04. The minimum Gasteiger partial charge on any atom is -0.310 e. The molecular weight excluding hydrogens is 444 g/mol. The molecule has 2 heterocycles. The molecule has 3 aromatic rings. The molecule has 2 aromatic heterocycles. The molecule has 1 aliphatic carbocycles. The quantitative estimate of drug-likeness (QED) is 0.169. The molecule has 4 rings (SSSR count). The van der Waals surface area contributed by atoms with E-state index in [0.717, 1.165) is 63.9 Å². The number of pyridine rings is 2. The van der Waals surface area contributed by atoms with E-state index in [1.165, 1.54) is 36.8 Å². The summed E-state index contributed by atoms with van der Waals surface area (Å²) >= 11 is 0. The van der Waals surface area contributed by atoms with E-state index in [-0.39, 0.29) is 0 Å². The fourth-order valence-electron chi connectivity index (χ4n) is 4.47. The van der Waals surface area contributed by atoms with Crippen molar-refractivity contribution in [3.05, 3.63) is 107 Å². The van der Waals surface area contributed by atoms with Crippen LogP contribution in [0.25, 0.3) is 0 Å². The molecule has 0 spiro atoms. The molecule has 0 fully saturated rings. The zero-order valence-electron chi connectivity index (χ0n) is 21.3. The van der Waals surface area contributed by atoms with Gasteiger partial charge in [-0.1, -0.05) is 48.0 Å². The van der Waals surface area contributed by atoms with Crippen molar-refractivity contribution in [1.82, 2.24) is 30.8 Å². The SMILES string of the molecule is C1=C(CNCc2ccc(CN(CCNCc3ccccn3)CNCc3ccccn3)cc2)CCCC1. The van der Waals surface area contributed by atoms with Gasteiger partial charge in [-0.15, -0.1) is 0 Å². The molecule has 0 radical (unpaired) electrons. The van der Waals surface area contributed by atoms with E-state index in [2.05, 4.69) is 73.3 Å². The maximum Gasteiger partial charge on any atom is 0.0542 e. The zero-order valence-corrected chi connectivity index (χ0v) is 21.3. The number of aromatic nitrogens is 2. The first-order valence-electron chi connectivity index (χ1n) is 13.3. The van der Waals surface area contributed by atoms with E-state index in [1.807, 2.05) is 36.7 Å². The minimum absolute atomic E-state index is 0.764. The third kappa shape index (κ3) is 9.63. The summed E-state index contributed by atoms with van der Waals surface area (Å²) in [6, 6.07) is 21.1.